The van der Waals surface area contributed by atoms with Gasteiger partial charge in [0.15, 0.2) is 6.10 Å². The molecule has 0 radical (unpaired) electrons. The molecular formula is C23H24N2O3. The van der Waals surface area contributed by atoms with Crippen LogP contribution in [0, 0.1) is 27.7 Å². The van der Waals surface area contributed by atoms with E-state index in [1.165, 1.54) is 0 Å². The zero-order chi connectivity index (χ0) is 20.4. The second-order valence-corrected chi connectivity index (χ2v) is 7.02. The van der Waals surface area contributed by atoms with E-state index < -0.39 is 12.1 Å². The van der Waals surface area contributed by atoms with E-state index >= 15 is 0 Å². The lowest BCUT2D eigenvalue weighted by atomic mass is 10.0. The van der Waals surface area contributed by atoms with Crippen molar-refractivity contribution in [2.45, 2.75) is 40.7 Å². The SMILES string of the molecule is Cc1cccc(C)c1NC(=O)C(C)OC(=O)c1c(C)nc2ccccc2c1C. The van der Waals surface area contributed by atoms with Gasteiger partial charge in [-0.3, -0.25) is 9.78 Å². The molecule has 1 unspecified atom stereocenters. The van der Waals surface area contributed by atoms with Gasteiger partial charge >= 0.3 is 5.97 Å². The zero-order valence-corrected chi connectivity index (χ0v) is 16.8. The van der Waals surface area contributed by atoms with Crippen LogP contribution in [0.4, 0.5) is 5.69 Å². The number of rotatable bonds is 4. The Bertz CT molecular complexity index is 1050. The van der Waals surface area contributed by atoms with Crippen molar-refractivity contribution in [3.63, 3.8) is 0 Å². The number of aryl methyl sites for hydroxylation is 4. The first-order chi connectivity index (χ1) is 13.3. The minimum absolute atomic E-state index is 0.366. The molecule has 0 fully saturated rings. The van der Waals surface area contributed by atoms with Crippen molar-refractivity contribution < 1.29 is 14.3 Å². The average Bonchev–Trinajstić information content (AvgIpc) is 2.64. The number of aromatic nitrogens is 1. The van der Waals surface area contributed by atoms with Gasteiger partial charge in [0.2, 0.25) is 0 Å². The third-order valence-corrected chi connectivity index (χ3v) is 4.92. The molecule has 0 aliphatic carbocycles. The Hall–Kier alpha value is -3.21. The maximum absolute atomic E-state index is 12.8. The fourth-order valence-electron chi connectivity index (χ4n) is 3.34. The summed E-state index contributed by atoms with van der Waals surface area (Å²) in [6, 6.07) is 13.4. The number of ether oxygens (including phenoxy) is 1. The average molecular weight is 376 g/mol. The van der Waals surface area contributed by atoms with Crippen LogP contribution in [0.2, 0.25) is 0 Å². The van der Waals surface area contributed by atoms with Crippen LogP contribution in [0.3, 0.4) is 0 Å². The molecule has 28 heavy (non-hydrogen) atoms. The van der Waals surface area contributed by atoms with Crippen molar-refractivity contribution >= 4 is 28.5 Å². The van der Waals surface area contributed by atoms with E-state index in [1.54, 1.807) is 13.8 Å². The van der Waals surface area contributed by atoms with Crippen LogP contribution in [0.5, 0.6) is 0 Å². The Labute approximate surface area is 164 Å². The second-order valence-electron chi connectivity index (χ2n) is 7.02. The smallest absolute Gasteiger partial charge is 0.341 e. The van der Waals surface area contributed by atoms with Gasteiger partial charge in [-0.25, -0.2) is 4.79 Å². The number of nitrogens with one attached hydrogen (secondary N) is 1. The zero-order valence-electron chi connectivity index (χ0n) is 16.8. The third kappa shape index (κ3) is 3.74. The monoisotopic (exact) mass is 376 g/mol. The van der Waals surface area contributed by atoms with Crippen molar-refractivity contribution in [1.29, 1.82) is 0 Å². The minimum atomic E-state index is -0.934. The first kappa shape index (κ1) is 19.5. The summed E-state index contributed by atoms with van der Waals surface area (Å²) >= 11 is 0. The molecule has 1 aromatic heterocycles. The number of benzene rings is 2. The van der Waals surface area contributed by atoms with Crippen LogP contribution < -0.4 is 5.32 Å². The quantitative estimate of drug-likeness (QED) is 0.673. The Morgan fingerprint density at radius 2 is 1.61 bits per heavy atom. The van der Waals surface area contributed by atoms with Crippen molar-refractivity contribution in [2.75, 3.05) is 5.32 Å². The third-order valence-electron chi connectivity index (χ3n) is 4.92. The number of hydrogen-bond acceptors (Lipinski definition) is 4. The van der Waals surface area contributed by atoms with Crippen LogP contribution in [0.15, 0.2) is 42.5 Å². The standard InChI is InChI=1S/C23H24N2O3/c1-13-9-8-10-14(2)21(13)25-22(26)17(5)28-23(27)20-15(3)18-11-6-7-12-19(18)24-16(20)4/h6-12,17H,1-5H3,(H,25,26). The van der Waals surface area contributed by atoms with Crippen LogP contribution in [0.25, 0.3) is 10.9 Å². The van der Waals surface area contributed by atoms with E-state index in [4.69, 9.17) is 4.74 Å². The molecule has 0 spiro atoms. The number of esters is 1. The lowest BCUT2D eigenvalue weighted by molar-refractivity contribution is -0.123. The molecule has 1 atom stereocenters. The topological polar surface area (TPSA) is 68.3 Å². The van der Waals surface area contributed by atoms with Crippen LogP contribution in [-0.2, 0) is 9.53 Å². The first-order valence-corrected chi connectivity index (χ1v) is 9.23. The summed E-state index contributed by atoms with van der Waals surface area (Å²) in [6.07, 6.45) is -0.934. The first-order valence-electron chi connectivity index (χ1n) is 9.23. The van der Waals surface area contributed by atoms with Crippen LogP contribution in [-0.4, -0.2) is 23.0 Å². The lowest BCUT2D eigenvalue weighted by Gasteiger charge is -2.18. The highest BCUT2D eigenvalue weighted by Crippen LogP contribution is 2.24. The van der Waals surface area contributed by atoms with Gasteiger partial charge in [0.05, 0.1) is 16.8 Å². The largest absolute Gasteiger partial charge is 0.449 e. The molecule has 3 aromatic rings. The Morgan fingerprint density at radius 1 is 0.964 bits per heavy atom. The molecular weight excluding hydrogens is 352 g/mol. The number of para-hydroxylation sites is 2. The summed E-state index contributed by atoms with van der Waals surface area (Å²) in [6.45, 7) is 9.06. The summed E-state index contributed by atoms with van der Waals surface area (Å²) in [5.41, 5.74) is 5.28. The van der Waals surface area contributed by atoms with E-state index in [0.717, 1.165) is 33.3 Å². The van der Waals surface area contributed by atoms with E-state index in [-0.39, 0.29) is 5.91 Å². The molecule has 1 N–H and O–H groups in total. The number of pyridine rings is 1. The summed E-state index contributed by atoms with van der Waals surface area (Å²) < 4.78 is 5.47. The summed E-state index contributed by atoms with van der Waals surface area (Å²) in [5, 5.41) is 3.76. The highest BCUT2D eigenvalue weighted by atomic mass is 16.5. The molecule has 5 heteroatoms. The Kier molecular flexibility index (Phi) is 5.45. The molecule has 144 valence electrons. The Balaban J connectivity index is 1.81. The summed E-state index contributed by atoms with van der Waals surface area (Å²) in [4.78, 5) is 29.9. The van der Waals surface area contributed by atoms with Gasteiger partial charge < -0.3 is 10.1 Å². The molecule has 0 aliphatic heterocycles. The Morgan fingerprint density at radius 3 is 2.29 bits per heavy atom. The summed E-state index contributed by atoms with van der Waals surface area (Å²) in [7, 11) is 0. The highest BCUT2D eigenvalue weighted by Gasteiger charge is 2.23. The second kappa shape index (κ2) is 7.80. The number of hydrogen-bond donors (Lipinski definition) is 1. The van der Waals surface area contributed by atoms with Crippen molar-refractivity contribution in [3.8, 4) is 0 Å². The van der Waals surface area contributed by atoms with E-state index in [2.05, 4.69) is 10.3 Å². The minimum Gasteiger partial charge on any atom is -0.449 e. The normalized spacial score (nSPS) is 11.9. The number of nitrogens with zero attached hydrogens (tertiary/aromatic N) is 1. The summed E-state index contributed by atoms with van der Waals surface area (Å²) in [5.74, 6) is -0.910. The molecule has 0 saturated carbocycles. The number of carbonyl (C=O) groups is 2. The predicted octanol–water partition coefficient (Wildman–Crippen LogP) is 4.65. The molecule has 1 heterocycles. The molecule has 3 rings (SSSR count). The number of fused-ring (bicyclic) bond motifs is 1. The maximum Gasteiger partial charge on any atom is 0.341 e. The van der Waals surface area contributed by atoms with Gasteiger partial charge in [-0.2, -0.15) is 0 Å². The van der Waals surface area contributed by atoms with Gasteiger partial charge in [0, 0.05) is 11.1 Å². The van der Waals surface area contributed by atoms with Crippen molar-refractivity contribution in [1.82, 2.24) is 4.98 Å². The van der Waals surface area contributed by atoms with Gasteiger partial charge in [-0.15, -0.1) is 0 Å². The van der Waals surface area contributed by atoms with Crippen molar-refractivity contribution in [2.24, 2.45) is 0 Å². The number of anilines is 1. The molecule has 1 amide bonds. The van der Waals surface area contributed by atoms with E-state index in [9.17, 15) is 9.59 Å². The number of carbonyl (C=O) groups excluding carboxylic acids is 2. The molecule has 0 aliphatic rings. The maximum atomic E-state index is 12.8. The van der Waals surface area contributed by atoms with Crippen molar-refractivity contribution in [3.05, 3.63) is 70.4 Å². The predicted molar refractivity (Wildman–Crippen MR) is 111 cm³/mol. The highest BCUT2D eigenvalue weighted by molar-refractivity contribution is 6.01. The lowest BCUT2D eigenvalue weighted by Crippen LogP contribution is -2.31. The number of amides is 1. The molecule has 5 nitrogen and oxygen atoms in total. The van der Waals surface area contributed by atoms with E-state index in [0.29, 0.717) is 11.3 Å². The van der Waals surface area contributed by atoms with Gasteiger partial charge in [-0.05, 0) is 57.4 Å². The molecule has 0 saturated heterocycles. The van der Waals surface area contributed by atoms with Gasteiger partial charge in [-0.1, -0.05) is 36.4 Å². The van der Waals surface area contributed by atoms with Gasteiger partial charge in [0.1, 0.15) is 0 Å². The fourth-order valence-corrected chi connectivity index (χ4v) is 3.34. The van der Waals surface area contributed by atoms with E-state index in [1.807, 2.05) is 63.2 Å². The fraction of sp³-hybridized carbons (Fsp3) is 0.261. The van der Waals surface area contributed by atoms with Gasteiger partial charge in [0.25, 0.3) is 5.91 Å². The molecule has 0 bridgehead atoms. The van der Waals surface area contributed by atoms with Crippen LogP contribution >= 0.6 is 0 Å². The molecule has 2 aromatic carbocycles. The van der Waals surface area contributed by atoms with Crippen LogP contribution in [0.1, 0.15) is 39.7 Å².